The summed E-state index contributed by atoms with van der Waals surface area (Å²) in [5.74, 6) is 0.665. The minimum atomic E-state index is 0.650. The van der Waals surface area contributed by atoms with Gasteiger partial charge in [0, 0.05) is 31.4 Å². The second-order valence-corrected chi connectivity index (χ2v) is 4.31. The highest BCUT2D eigenvalue weighted by Gasteiger charge is 2.07. The van der Waals surface area contributed by atoms with Crippen molar-refractivity contribution < 1.29 is 4.74 Å². The third kappa shape index (κ3) is 3.21. The summed E-state index contributed by atoms with van der Waals surface area (Å²) in [5.41, 5.74) is 1.96. The summed E-state index contributed by atoms with van der Waals surface area (Å²) in [6.07, 6.45) is 1.77. The summed E-state index contributed by atoms with van der Waals surface area (Å²) in [4.78, 5) is 8.62. The number of nitrogens with zero attached hydrogens (tertiary/aromatic N) is 3. The first kappa shape index (κ1) is 11.9. The van der Waals surface area contributed by atoms with Crippen LogP contribution in [0.15, 0.2) is 18.3 Å². The van der Waals surface area contributed by atoms with E-state index in [1.54, 1.807) is 13.3 Å². The number of anilines is 1. The van der Waals surface area contributed by atoms with Gasteiger partial charge in [0.2, 0.25) is 5.13 Å². The molecule has 0 unspecified atom stereocenters. The Balaban J connectivity index is 2.07. The molecule has 0 atom stereocenters. The van der Waals surface area contributed by atoms with Crippen LogP contribution in [0.5, 0.6) is 0 Å². The SMILES string of the molecule is COCCNc1nc(-c2cc(C)ccn2)ns1. The van der Waals surface area contributed by atoms with Gasteiger partial charge < -0.3 is 10.1 Å². The second-order valence-electron chi connectivity index (χ2n) is 3.56. The number of nitrogens with one attached hydrogen (secondary N) is 1. The predicted molar refractivity (Wildman–Crippen MR) is 68.2 cm³/mol. The van der Waals surface area contributed by atoms with E-state index in [1.807, 2.05) is 19.1 Å². The Morgan fingerprint density at radius 1 is 1.47 bits per heavy atom. The average Bonchev–Trinajstić information content (AvgIpc) is 2.78. The molecule has 0 amide bonds. The van der Waals surface area contributed by atoms with Crippen molar-refractivity contribution in [2.24, 2.45) is 0 Å². The lowest BCUT2D eigenvalue weighted by Crippen LogP contribution is -2.07. The van der Waals surface area contributed by atoms with Crippen LogP contribution in [0.4, 0.5) is 5.13 Å². The van der Waals surface area contributed by atoms with Crippen LogP contribution in [-0.4, -0.2) is 34.6 Å². The summed E-state index contributed by atoms with van der Waals surface area (Å²) in [7, 11) is 1.67. The predicted octanol–water partition coefficient (Wildman–Crippen LogP) is 1.97. The Hall–Kier alpha value is -1.53. The maximum Gasteiger partial charge on any atom is 0.203 e. The van der Waals surface area contributed by atoms with Gasteiger partial charge in [0.05, 0.1) is 6.61 Å². The monoisotopic (exact) mass is 250 g/mol. The standard InChI is InChI=1S/C11H14N4OS/c1-8-3-4-12-9(7-8)10-14-11(17-15-10)13-5-6-16-2/h3-4,7H,5-6H2,1-2H3,(H,13,14,15). The molecule has 0 spiro atoms. The highest BCUT2D eigenvalue weighted by Crippen LogP contribution is 2.19. The van der Waals surface area contributed by atoms with Gasteiger partial charge >= 0.3 is 0 Å². The topological polar surface area (TPSA) is 59.9 Å². The molecule has 0 saturated carbocycles. The summed E-state index contributed by atoms with van der Waals surface area (Å²) in [6.45, 7) is 3.40. The van der Waals surface area contributed by atoms with Crippen LogP contribution < -0.4 is 5.32 Å². The van der Waals surface area contributed by atoms with E-state index in [0.29, 0.717) is 12.4 Å². The third-order valence-corrected chi connectivity index (χ3v) is 2.83. The molecule has 6 heteroatoms. The number of hydrogen-bond acceptors (Lipinski definition) is 6. The van der Waals surface area contributed by atoms with Crippen molar-refractivity contribution in [2.75, 3.05) is 25.6 Å². The molecule has 0 aromatic carbocycles. The largest absolute Gasteiger partial charge is 0.383 e. The van der Waals surface area contributed by atoms with Crippen molar-refractivity contribution >= 4 is 16.7 Å². The number of ether oxygens (including phenoxy) is 1. The van der Waals surface area contributed by atoms with Gasteiger partial charge in [0.15, 0.2) is 5.82 Å². The molecule has 17 heavy (non-hydrogen) atoms. The molecule has 2 rings (SSSR count). The Kier molecular flexibility index (Phi) is 4.00. The zero-order valence-electron chi connectivity index (χ0n) is 9.80. The fourth-order valence-electron chi connectivity index (χ4n) is 1.32. The molecule has 90 valence electrons. The number of pyridine rings is 1. The number of hydrogen-bond donors (Lipinski definition) is 1. The van der Waals surface area contributed by atoms with Gasteiger partial charge in [-0.05, 0) is 24.6 Å². The molecule has 0 fully saturated rings. The van der Waals surface area contributed by atoms with E-state index in [2.05, 4.69) is 19.7 Å². The molecule has 0 aliphatic heterocycles. The molecule has 2 aromatic rings. The van der Waals surface area contributed by atoms with Gasteiger partial charge in [0.1, 0.15) is 5.69 Å². The van der Waals surface area contributed by atoms with E-state index < -0.39 is 0 Å². The highest BCUT2D eigenvalue weighted by atomic mass is 32.1. The van der Waals surface area contributed by atoms with Gasteiger partial charge in [-0.15, -0.1) is 0 Å². The fraction of sp³-hybridized carbons (Fsp3) is 0.364. The highest BCUT2D eigenvalue weighted by molar-refractivity contribution is 7.09. The van der Waals surface area contributed by atoms with E-state index in [0.717, 1.165) is 22.9 Å². The van der Waals surface area contributed by atoms with Crippen molar-refractivity contribution in [2.45, 2.75) is 6.92 Å². The Morgan fingerprint density at radius 3 is 3.12 bits per heavy atom. The molecule has 0 aliphatic rings. The molecule has 5 nitrogen and oxygen atoms in total. The normalized spacial score (nSPS) is 10.5. The van der Waals surface area contributed by atoms with Crippen molar-refractivity contribution in [1.29, 1.82) is 0 Å². The molecular formula is C11H14N4OS. The van der Waals surface area contributed by atoms with Crippen molar-refractivity contribution in [1.82, 2.24) is 14.3 Å². The van der Waals surface area contributed by atoms with Gasteiger partial charge in [-0.1, -0.05) is 0 Å². The molecule has 0 aliphatic carbocycles. The molecular weight excluding hydrogens is 236 g/mol. The van der Waals surface area contributed by atoms with Gasteiger partial charge in [-0.2, -0.15) is 9.36 Å². The average molecular weight is 250 g/mol. The molecule has 0 saturated heterocycles. The van der Waals surface area contributed by atoms with E-state index in [1.165, 1.54) is 11.5 Å². The van der Waals surface area contributed by atoms with E-state index in [-0.39, 0.29) is 0 Å². The quantitative estimate of drug-likeness (QED) is 0.822. The zero-order chi connectivity index (χ0) is 12.1. The lowest BCUT2D eigenvalue weighted by Gasteiger charge is -1.99. The van der Waals surface area contributed by atoms with Crippen LogP contribution in [0.1, 0.15) is 5.56 Å². The number of aromatic nitrogens is 3. The molecule has 2 heterocycles. The van der Waals surface area contributed by atoms with E-state index in [9.17, 15) is 0 Å². The van der Waals surface area contributed by atoms with E-state index >= 15 is 0 Å². The fourth-order valence-corrected chi connectivity index (χ4v) is 1.92. The molecule has 2 aromatic heterocycles. The third-order valence-electron chi connectivity index (χ3n) is 2.15. The second kappa shape index (κ2) is 5.70. The number of rotatable bonds is 5. The number of aryl methyl sites for hydroxylation is 1. The Bertz CT molecular complexity index is 486. The van der Waals surface area contributed by atoms with E-state index in [4.69, 9.17) is 4.74 Å². The molecule has 0 bridgehead atoms. The van der Waals surface area contributed by atoms with Crippen LogP contribution in [-0.2, 0) is 4.74 Å². The smallest absolute Gasteiger partial charge is 0.203 e. The summed E-state index contributed by atoms with van der Waals surface area (Å²) in [5, 5.41) is 3.93. The molecule has 1 N–H and O–H groups in total. The van der Waals surface area contributed by atoms with Crippen LogP contribution in [0.3, 0.4) is 0 Å². The van der Waals surface area contributed by atoms with Crippen LogP contribution in [0, 0.1) is 6.92 Å². The maximum absolute atomic E-state index is 4.95. The maximum atomic E-state index is 4.95. The van der Waals surface area contributed by atoms with Crippen molar-refractivity contribution in [3.05, 3.63) is 23.9 Å². The lowest BCUT2D eigenvalue weighted by molar-refractivity contribution is 0.211. The summed E-state index contributed by atoms with van der Waals surface area (Å²) < 4.78 is 9.22. The minimum Gasteiger partial charge on any atom is -0.383 e. The van der Waals surface area contributed by atoms with Crippen molar-refractivity contribution in [3.8, 4) is 11.5 Å². The summed E-state index contributed by atoms with van der Waals surface area (Å²) in [6, 6.07) is 3.93. The molecule has 0 radical (unpaired) electrons. The van der Waals surface area contributed by atoms with Crippen LogP contribution in [0.25, 0.3) is 11.5 Å². The first-order chi connectivity index (χ1) is 8.29. The number of methoxy groups -OCH3 is 1. The minimum absolute atomic E-state index is 0.650. The zero-order valence-corrected chi connectivity index (χ0v) is 10.6. The summed E-state index contributed by atoms with van der Waals surface area (Å²) >= 11 is 1.33. The first-order valence-electron chi connectivity index (χ1n) is 5.29. The first-order valence-corrected chi connectivity index (χ1v) is 6.06. The van der Waals surface area contributed by atoms with Crippen LogP contribution in [0.2, 0.25) is 0 Å². The Labute approximate surface area is 104 Å². The van der Waals surface area contributed by atoms with Gasteiger partial charge in [-0.3, -0.25) is 4.98 Å². The Morgan fingerprint density at radius 2 is 2.35 bits per heavy atom. The van der Waals surface area contributed by atoms with Gasteiger partial charge in [0.25, 0.3) is 0 Å². The van der Waals surface area contributed by atoms with Crippen molar-refractivity contribution in [3.63, 3.8) is 0 Å². The van der Waals surface area contributed by atoms with Gasteiger partial charge in [-0.25, -0.2) is 0 Å². The van der Waals surface area contributed by atoms with Crippen LogP contribution >= 0.6 is 11.5 Å². The lowest BCUT2D eigenvalue weighted by atomic mass is 10.2.